The molecule has 2 N–H and O–H groups in total. The van der Waals surface area contributed by atoms with Gasteiger partial charge in [-0.2, -0.15) is 0 Å². The second-order valence-corrected chi connectivity index (χ2v) is 5.11. The first-order valence-corrected chi connectivity index (χ1v) is 6.76. The lowest BCUT2D eigenvalue weighted by molar-refractivity contribution is 0.200. The zero-order chi connectivity index (χ0) is 12.3. The maximum Gasteiger partial charge on any atom is 0.0781 e. The number of aliphatic hydroxyl groups is 1. The summed E-state index contributed by atoms with van der Waals surface area (Å²) in [4.78, 5) is 0. The molecule has 0 aromatic heterocycles. The fourth-order valence-electron chi connectivity index (χ4n) is 2.91. The lowest BCUT2D eigenvalue weighted by Crippen LogP contribution is -2.24. The second kappa shape index (κ2) is 5.54. The van der Waals surface area contributed by atoms with Crippen LogP contribution in [0.5, 0.6) is 0 Å². The Morgan fingerprint density at radius 2 is 2.12 bits per heavy atom. The lowest BCUT2D eigenvalue weighted by Gasteiger charge is -2.23. The smallest absolute Gasteiger partial charge is 0.0781 e. The summed E-state index contributed by atoms with van der Waals surface area (Å²) in [5.74, 6) is 0.789. The maximum atomic E-state index is 9.76. The quantitative estimate of drug-likeness (QED) is 0.830. The Hall–Kier alpha value is -1.02. The van der Waals surface area contributed by atoms with Crippen molar-refractivity contribution >= 4 is 5.69 Å². The monoisotopic (exact) mass is 233 g/mol. The first-order chi connectivity index (χ1) is 8.22. The van der Waals surface area contributed by atoms with Crippen molar-refractivity contribution in [1.29, 1.82) is 0 Å². The van der Waals surface area contributed by atoms with Crippen LogP contribution in [0.15, 0.2) is 24.3 Å². The molecule has 17 heavy (non-hydrogen) atoms. The normalized spacial score (nSPS) is 25.8. The van der Waals surface area contributed by atoms with Crippen molar-refractivity contribution in [2.45, 2.75) is 51.7 Å². The van der Waals surface area contributed by atoms with Gasteiger partial charge in [0, 0.05) is 17.3 Å². The lowest BCUT2D eigenvalue weighted by atomic mass is 9.99. The highest BCUT2D eigenvalue weighted by Gasteiger charge is 2.26. The van der Waals surface area contributed by atoms with Gasteiger partial charge in [0.25, 0.3) is 0 Å². The summed E-state index contributed by atoms with van der Waals surface area (Å²) in [5, 5.41) is 13.4. The Balaban J connectivity index is 2.12. The number of hydrogen-bond donors (Lipinski definition) is 2. The van der Waals surface area contributed by atoms with Gasteiger partial charge in [0.15, 0.2) is 0 Å². The molecule has 3 unspecified atom stereocenters. The topological polar surface area (TPSA) is 32.3 Å². The fourth-order valence-corrected chi connectivity index (χ4v) is 2.91. The molecule has 1 aliphatic carbocycles. The van der Waals surface area contributed by atoms with Gasteiger partial charge in [-0.25, -0.2) is 0 Å². The van der Waals surface area contributed by atoms with Gasteiger partial charge in [0.1, 0.15) is 0 Å². The predicted octanol–water partition coefficient (Wildman–Crippen LogP) is 3.73. The summed E-state index contributed by atoms with van der Waals surface area (Å²) in [6.45, 7) is 4.09. The van der Waals surface area contributed by atoms with Gasteiger partial charge >= 0.3 is 0 Å². The van der Waals surface area contributed by atoms with E-state index >= 15 is 0 Å². The molecular formula is C15H23NO. The van der Waals surface area contributed by atoms with E-state index in [0.29, 0.717) is 6.04 Å². The molecule has 0 heterocycles. The molecule has 0 radical (unpaired) electrons. The number of benzene rings is 1. The standard InChI is InChI=1S/C15H23NO/c1-3-12-7-6-10-14(12)16-15-9-5-4-8-13(15)11(2)17/h4-5,8-9,11-12,14,16-17H,3,6-7,10H2,1-2H3. The van der Waals surface area contributed by atoms with Gasteiger partial charge in [-0.1, -0.05) is 38.0 Å². The van der Waals surface area contributed by atoms with Gasteiger partial charge in [-0.15, -0.1) is 0 Å². The van der Waals surface area contributed by atoms with Crippen molar-refractivity contribution < 1.29 is 5.11 Å². The van der Waals surface area contributed by atoms with Crippen LogP contribution in [-0.4, -0.2) is 11.1 Å². The van der Waals surface area contributed by atoms with E-state index in [9.17, 15) is 5.11 Å². The summed E-state index contributed by atoms with van der Waals surface area (Å²) < 4.78 is 0. The SMILES string of the molecule is CCC1CCCC1Nc1ccccc1C(C)O. The van der Waals surface area contributed by atoms with Crippen molar-refractivity contribution in [3.8, 4) is 0 Å². The van der Waals surface area contributed by atoms with E-state index in [4.69, 9.17) is 0 Å². The van der Waals surface area contributed by atoms with Crippen molar-refractivity contribution in [2.24, 2.45) is 5.92 Å². The van der Waals surface area contributed by atoms with E-state index in [1.54, 1.807) is 0 Å². The molecule has 3 atom stereocenters. The van der Waals surface area contributed by atoms with Crippen molar-refractivity contribution in [1.82, 2.24) is 0 Å². The largest absolute Gasteiger partial charge is 0.389 e. The molecule has 1 saturated carbocycles. The summed E-state index contributed by atoms with van der Waals surface area (Å²) in [5.41, 5.74) is 2.11. The van der Waals surface area contributed by atoms with E-state index in [0.717, 1.165) is 17.2 Å². The molecule has 0 aliphatic heterocycles. The Morgan fingerprint density at radius 3 is 2.82 bits per heavy atom. The third-order valence-electron chi connectivity index (χ3n) is 3.94. The van der Waals surface area contributed by atoms with Crippen LogP contribution in [0.4, 0.5) is 5.69 Å². The van der Waals surface area contributed by atoms with Crippen LogP contribution in [-0.2, 0) is 0 Å². The highest BCUT2D eigenvalue weighted by molar-refractivity contribution is 5.52. The minimum absolute atomic E-state index is 0.403. The van der Waals surface area contributed by atoms with E-state index < -0.39 is 6.10 Å². The molecule has 2 nitrogen and oxygen atoms in total. The summed E-state index contributed by atoms with van der Waals surface area (Å²) >= 11 is 0. The second-order valence-electron chi connectivity index (χ2n) is 5.11. The van der Waals surface area contributed by atoms with Crippen LogP contribution >= 0.6 is 0 Å². The number of hydrogen-bond acceptors (Lipinski definition) is 2. The summed E-state index contributed by atoms with van der Waals surface area (Å²) in [6, 6.07) is 8.68. The molecule has 0 saturated heterocycles. The van der Waals surface area contributed by atoms with Crippen molar-refractivity contribution in [3.05, 3.63) is 29.8 Å². The Kier molecular flexibility index (Phi) is 4.06. The van der Waals surface area contributed by atoms with Crippen molar-refractivity contribution in [2.75, 3.05) is 5.32 Å². The van der Waals surface area contributed by atoms with Crippen LogP contribution < -0.4 is 5.32 Å². The molecule has 1 aliphatic rings. The van der Waals surface area contributed by atoms with Gasteiger partial charge in [0.05, 0.1) is 6.10 Å². The number of para-hydroxylation sites is 1. The molecular weight excluding hydrogens is 210 g/mol. The third-order valence-corrected chi connectivity index (χ3v) is 3.94. The van der Waals surface area contributed by atoms with Crippen LogP contribution in [0.1, 0.15) is 51.2 Å². The molecule has 2 rings (SSSR count). The van der Waals surface area contributed by atoms with Crippen LogP contribution in [0.3, 0.4) is 0 Å². The molecule has 1 fully saturated rings. The zero-order valence-electron chi connectivity index (χ0n) is 10.8. The molecule has 94 valence electrons. The average molecular weight is 233 g/mol. The number of anilines is 1. The molecule has 0 bridgehead atoms. The summed E-state index contributed by atoms with van der Waals surface area (Å²) in [7, 11) is 0. The van der Waals surface area contributed by atoms with Gasteiger partial charge < -0.3 is 10.4 Å². The van der Waals surface area contributed by atoms with Crippen LogP contribution in [0.2, 0.25) is 0 Å². The minimum Gasteiger partial charge on any atom is -0.389 e. The first-order valence-electron chi connectivity index (χ1n) is 6.76. The van der Waals surface area contributed by atoms with Gasteiger partial charge in [-0.3, -0.25) is 0 Å². The summed E-state index contributed by atoms with van der Waals surface area (Å²) in [6.07, 6.45) is 4.76. The average Bonchev–Trinajstić information content (AvgIpc) is 2.77. The molecule has 2 heteroatoms. The highest BCUT2D eigenvalue weighted by Crippen LogP contribution is 2.32. The number of rotatable bonds is 4. The molecule has 0 amide bonds. The number of nitrogens with one attached hydrogen (secondary N) is 1. The highest BCUT2D eigenvalue weighted by atomic mass is 16.3. The van der Waals surface area contributed by atoms with Crippen LogP contribution in [0.25, 0.3) is 0 Å². The van der Waals surface area contributed by atoms with E-state index in [1.807, 2.05) is 25.1 Å². The molecule has 0 spiro atoms. The van der Waals surface area contributed by atoms with Gasteiger partial charge in [0.2, 0.25) is 0 Å². The third kappa shape index (κ3) is 2.81. The predicted molar refractivity (Wildman–Crippen MR) is 72.1 cm³/mol. The Morgan fingerprint density at radius 1 is 1.35 bits per heavy atom. The molecule has 1 aromatic rings. The fraction of sp³-hybridized carbons (Fsp3) is 0.600. The number of aliphatic hydroxyl groups excluding tert-OH is 1. The Bertz CT molecular complexity index is 362. The van der Waals surface area contributed by atoms with E-state index in [2.05, 4.69) is 18.3 Å². The van der Waals surface area contributed by atoms with Gasteiger partial charge in [-0.05, 0) is 31.7 Å². The van der Waals surface area contributed by atoms with E-state index in [1.165, 1.54) is 25.7 Å². The zero-order valence-corrected chi connectivity index (χ0v) is 10.8. The maximum absolute atomic E-state index is 9.76. The van der Waals surface area contributed by atoms with Crippen LogP contribution in [0, 0.1) is 5.92 Å². The Labute approximate surface area is 104 Å². The van der Waals surface area contributed by atoms with Crippen molar-refractivity contribution in [3.63, 3.8) is 0 Å². The van der Waals surface area contributed by atoms with E-state index in [-0.39, 0.29) is 0 Å². The molecule has 1 aromatic carbocycles. The minimum atomic E-state index is -0.403. The first kappa shape index (κ1) is 12.4.